The second-order valence-electron chi connectivity index (χ2n) is 5.75. The third kappa shape index (κ3) is 3.44. The SMILES string of the molecule is CSc1ccccc1NC1CCCCC1c1ccccc1. The van der Waals surface area contributed by atoms with Crippen LogP contribution in [0.5, 0.6) is 0 Å². The van der Waals surface area contributed by atoms with Gasteiger partial charge in [0.05, 0.1) is 0 Å². The summed E-state index contributed by atoms with van der Waals surface area (Å²) in [5.41, 5.74) is 2.77. The number of anilines is 1. The van der Waals surface area contributed by atoms with Gasteiger partial charge < -0.3 is 5.32 Å². The lowest BCUT2D eigenvalue weighted by Gasteiger charge is -2.33. The van der Waals surface area contributed by atoms with E-state index in [2.05, 4.69) is 66.2 Å². The maximum atomic E-state index is 3.83. The Hall–Kier alpha value is -1.41. The molecule has 1 fully saturated rings. The normalized spacial score (nSPS) is 22.0. The van der Waals surface area contributed by atoms with Crippen molar-refractivity contribution in [3.05, 3.63) is 60.2 Å². The van der Waals surface area contributed by atoms with Gasteiger partial charge in [-0.1, -0.05) is 55.3 Å². The number of para-hydroxylation sites is 1. The Kier molecular flexibility index (Phi) is 4.87. The van der Waals surface area contributed by atoms with Crippen LogP contribution in [-0.2, 0) is 0 Å². The topological polar surface area (TPSA) is 12.0 Å². The van der Waals surface area contributed by atoms with E-state index in [0.29, 0.717) is 12.0 Å². The molecule has 0 saturated heterocycles. The van der Waals surface area contributed by atoms with Crippen molar-refractivity contribution in [3.8, 4) is 0 Å². The van der Waals surface area contributed by atoms with Crippen LogP contribution < -0.4 is 5.32 Å². The average molecular weight is 297 g/mol. The van der Waals surface area contributed by atoms with Crippen LogP contribution in [0.4, 0.5) is 5.69 Å². The standard InChI is InChI=1S/C19H23NS/c1-21-19-14-8-7-13-18(19)20-17-12-6-5-11-16(17)15-9-3-2-4-10-15/h2-4,7-10,13-14,16-17,20H,5-6,11-12H2,1H3. The molecule has 1 aliphatic rings. The second-order valence-corrected chi connectivity index (χ2v) is 6.60. The van der Waals surface area contributed by atoms with Crippen LogP contribution in [0.1, 0.15) is 37.2 Å². The molecular formula is C19H23NS. The first-order valence-electron chi connectivity index (χ1n) is 7.83. The van der Waals surface area contributed by atoms with Gasteiger partial charge in [-0.15, -0.1) is 11.8 Å². The van der Waals surface area contributed by atoms with Gasteiger partial charge in [-0.3, -0.25) is 0 Å². The number of benzene rings is 2. The zero-order chi connectivity index (χ0) is 14.5. The summed E-state index contributed by atoms with van der Waals surface area (Å²) < 4.78 is 0. The molecule has 2 unspecified atom stereocenters. The molecule has 1 N–H and O–H groups in total. The van der Waals surface area contributed by atoms with E-state index in [4.69, 9.17) is 0 Å². The van der Waals surface area contributed by atoms with Gasteiger partial charge in [-0.25, -0.2) is 0 Å². The maximum Gasteiger partial charge on any atom is 0.0480 e. The largest absolute Gasteiger partial charge is 0.381 e. The van der Waals surface area contributed by atoms with Crippen molar-refractivity contribution in [2.75, 3.05) is 11.6 Å². The third-order valence-electron chi connectivity index (χ3n) is 4.44. The molecule has 0 aliphatic heterocycles. The highest BCUT2D eigenvalue weighted by molar-refractivity contribution is 7.98. The van der Waals surface area contributed by atoms with Gasteiger partial charge >= 0.3 is 0 Å². The van der Waals surface area contributed by atoms with Gasteiger partial charge in [0.25, 0.3) is 0 Å². The Morgan fingerprint density at radius 1 is 0.905 bits per heavy atom. The number of rotatable bonds is 4. The van der Waals surface area contributed by atoms with Gasteiger partial charge in [0.1, 0.15) is 0 Å². The Labute approximate surface area is 132 Å². The average Bonchev–Trinajstić information content (AvgIpc) is 2.57. The Balaban J connectivity index is 1.82. The smallest absolute Gasteiger partial charge is 0.0480 e. The number of nitrogens with one attached hydrogen (secondary N) is 1. The minimum absolute atomic E-state index is 0.550. The van der Waals surface area contributed by atoms with Crippen LogP contribution in [-0.4, -0.2) is 12.3 Å². The van der Waals surface area contributed by atoms with Gasteiger partial charge in [0.15, 0.2) is 0 Å². The van der Waals surface area contributed by atoms with Crippen molar-refractivity contribution in [3.63, 3.8) is 0 Å². The van der Waals surface area contributed by atoms with E-state index in [9.17, 15) is 0 Å². The molecule has 21 heavy (non-hydrogen) atoms. The molecule has 3 rings (SSSR count). The molecule has 0 amide bonds. The number of hydrogen-bond acceptors (Lipinski definition) is 2. The zero-order valence-corrected chi connectivity index (χ0v) is 13.4. The fraction of sp³-hybridized carbons (Fsp3) is 0.368. The summed E-state index contributed by atoms with van der Waals surface area (Å²) in [6, 6.07) is 20.2. The first-order chi connectivity index (χ1) is 10.4. The molecule has 0 aromatic heterocycles. The second kappa shape index (κ2) is 7.04. The molecule has 0 bridgehead atoms. The minimum atomic E-state index is 0.550. The fourth-order valence-electron chi connectivity index (χ4n) is 3.37. The van der Waals surface area contributed by atoms with Crippen molar-refractivity contribution < 1.29 is 0 Å². The summed E-state index contributed by atoms with van der Waals surface area (Å²) in [6.45, 7) is 0. The fourth-order valence-corrected chi connectivity index (χ4v) is 3.93. The summed E-state index contributed by atoms with van der Waals surface area (Å²) in [5.74, 6) is 0.634. The van der Waals surface area contributed by atoms with E-state index in [1.165, 1.54) is 41.8 Å². The predicted octanol–water partition coefficient (Wildman–Crippen LogP) is 5.55. The molecule has 0 radical (unpaired) electrons. The predicted molar refractivity (Wildman–Crippen MR) is 93.3 cm³/mol. The molecule has 1 nitrogen and oxygen atoms in total. The maximum absolute atomic E-state index is 3.83. The Bertz CT molecular complexity index is 567. The minimum Gasteiger partial charge on any atom is -0.381 e. The quantitative estimate of drug-likeness (QED) is 0.743. The Morgan fingerprint density at radius 3 is 2.43 bits per heavy atom. The number of thioether (sulfide) groups is 1. The van der Waals surface area contributed by atoms with Gasteiger partial charge in [-0.05, 0) is 36.8 Å². The van der Waals surface area contributed by atoms with Crippen LogP contribution in [0.2, 0.25) is 0 Å². The number of hydrogen-bond donors (Lipinski definition) is 1. The molecule has 2 heteroatoms. The molecular weight excluding hydrogens is 274 g/mol. The molecule has 0 heterocycles. The Morgan fingerprint density at radius 2 is 1.62 bits per heavy atom. The van der Waals surface area contributed by atoms with Crippen molar-refractivity contribution in [1.29, 1.82) is 0 Å². The highest BCUT2D eigenvalue weighted by atomic mass is 32.2. The molecule has 110 valence electrons. The summed E-state index contributed by atoms with van der Waals surface area (Å²) in [5, 5.41) is 3.83. The van der Waals surface area contributed by atoms with Gasteiger partial charge in [-0.2, -0.15) is 0 Å². The van der Waals surface area contributed by atoms with E-state index in [1.807, 2.05) is 11.8 Å². The lowest BCUT2D eigenvalue weighted by atomic mass is 9.80. The summed E-state index contributed by atoms with van der Waals surface area (Å²) in [4.78, 5) is 1.34. The lowest BCUT2D eigenvalue weighted by molar-refractivity contribution is 0.405. The van der Waals surface area contributed by atoms with E-state index >= 15 is 0 Å². The van der Waals surface area contributed by atoms with Crippen LogP contribution in [0.15, 0.2) is 59.5 Å². The first kappa shape index (κ1) is 14.5. The van der Waals surface area contributed by atoms with Crippen molar-refractivity contribution in [2.24, 2.45) is 0 Å². The molecule has 1 saturated carbocycles. The summed E-state index contributed by atoms with van der Waals surface area (Å²) in [6.07, 6.45) is 7.39. The molecule has 2 aromatic rings. The monoisotopic (exact) mass is 297 g/mol. The zero-order valence-electron chi connectivity index (χ0n) is 12.6. The van der Waals surface area contributed by atoms with Crippen LogP contribution in [0, 0.1) is 0 Å². The van der Waals surface area contributed by atoms with Crippen molar-refractivity contribution in [2.45, 2.75) is 42.5 Å². The van der Waals surface area contributed by atoms with Gasteiger partial charge in [0, 0.05) is 22.5 Å². The van der Waals surface area contributed by atoms with E-state index < -0.39 is 0 Å². The summed E-state index contributed by atoms with van der Waals surface area (Å²) >= 11 is 1.82. The van der Waals surface area contributed by atoms with Crippen LogP contribution in [0.3, 0.4) is 0 Å². The van der Waals surface area contributed by atoms with E-state index in [0.717, 1.165) is 0 Å². The van der Waals surface area contributed by atoms with Crippen LogP contribution >= 0.6 is 11.8 Å². The van der Waals surface area contributed by atoms with E-state index in [1.54, 1.807) is 0 Å². The van der Waals surface area contributed by atoms with Gasteiger partial charge in [0.2, 0.25) is 0 Å². The first-order valence-corrected chi connectivity index (χ1v) is 9.05. The van der Waals surface area contributed by atoms with Crippen LogP contribution in [0.25, 0.3) is 0 Å². The molecule has 2 atom stereocenters. The lowest BCUT2D eigenvalue weighted by Crippen LogP contribution is -2.30. The third-order valence-corrected chi connectivity index (χ3v) is 5.24. The van der Waals surface area contributed by atoms with Crippen molar-refractivity contribution in [1.82, 2.24) is 0 Å². The van der Waals surface area contributed by atoms with E-state index in [-0.39, 0.29) is 0 Å². The highest BCUT2D eigenvalue weighted by Gasteiger charge is 2.26. The molecule has 1 aliphatic carbocycles. The summed E-state index contributed by atoms with van der Waals surface area (Å²) in [7, 11) is 0. The highest BCUT2D eigenvalue weighted by Crippen LogP contribution is 2.36. The van der Waals surface area contributed by atoms with Crippen molar-refractivity contribution >= 4 is 17.4 Å². The molecule has 0 spiro atoms. The molecule has 2 aromatic carbocycles.